The number of allylic oxidation sites excluding steroid dienone is 3. The molecule has 0 spiro atoms. The lowest BCUT2D eigenvalue weighted by Gasteiger charge is -1.94. The smallest absolute Gasteiger partial charge is 0.164 e. The molecule has 0 heterocycles. The Kier molecular flexibility index (Phi) is 7.66. The van der Waals surface area contributed by atoms with Crippen molar-refractivity contribution in [1.82, 2.24) is 0 Å². The van der Waals surface area contributed by atoms with Crippen molar-refractivity contribution in [1.29, 1.82) is 0 Å². The fraction of sp³-hybridized carbons (Fsp3) is 0.429. The highest BCUT2D eigenvalue weighted by molar-refractivity contribution is 6.18. The van der Waals surface area contributed by atoms with E-state index in [2.05, 4.69) is 11.8 Å². The van der Waals surface area contributed by atoms with Crippen LogP contribution in [0.25, 0.3) is 0 Å². The van der Waals surface area contributed by atoms with Gasteiger partial charge in [-0.25, -0.2) is 0 Å². The van der Waals surface area contributed by atoms with Crippen molar-refractivity contribution < 1.29 is 14.3 Å². The van der Waals surface area contributed by atoms with Crippen LogP contribution in [-0.2, 0) is 14.3 Å². The van der Waals surface area contributed by atoms with E-state index in [1.807, 2.05) is 19.9 Å². The number of carbonyl (C=O) groups excluding carboxylic acids is 2. The van der Waals surface area contributed by atoms with Gasteiger partial charge in [-0.1, -0.05) is 23.5 Å². The number of hydrogen-bond acceptors (Lipinski definition) is 3. The Morgan fingerprint density at radius 3 is 2.18 bits per heavy atom. The second kappa shape index (κ2) is 8.49. The first-order chi connectivity index (χ1) is 7.95. The van der Waals surface area contributed by atoms with Crippen LogP contribution in [-0.4, -0.2) is 24.8 Å². The highest BCUT2D eigenvalue weighted by Crippen LogP contribution is 1.96. The highest BCUT2D eigenvalue weighted by Gasteiger charge is 2.07. The molecule has 17 heavy (non-hydrogen) atoms. The summed E-state index contributed by atoms with van der Waals surface area (Å²) in [5.74, 6) is 4.82. The number of rotatable bonds is 5. The van der Waals surface area contributed by atoms with E-state index in [0.29, 0.717) is 6.61 Å². The molecule has 0 saturated heterocycles. The Morgan fingerprint density at radius 2 is 1.71 bits per heavy atom. The lowest BCUT2D eigenvalue weighted by Crippen LogP contribution is -2.05. The molecule has 0 aliphatic carbocycles. The number of carbonyl (C=O) groups is 2. The van der Waals surface area contributed by atoms with Gasteiger partial charge in [0.15, 0.2) is 11.6 Å². The molecule has 92 valence electrons. The van der Waals surface area contributed by atoms with E-state index in [4.69, 9.17) is 4.74 Å². The molecule has 3 nitrogen and oxygen atoms in total. The Labute approximate surface area is 103 Å². The maximum absolute atomic E-state index is 11.0. The van der Waals surface area contributed by atoms with Gasteiger partial charge in [-0.15, -0.1) is 0 Å². The molecule has 0 bridgehead atoms. The second-order valence-electron chi connectivity index (χ2n) is 3.79. The summed E-state index contributed by atoms with van der Waals surface area (Å²) in [6, 6.07) is 0. The molecular weight excluding hydrogens is 216 g/mol. The van der Waals surface area contributed by atoms with Gasteiger partial charge in [0.1, 0.15) is 6.61 Å². The van der Waals surface area contributed by atoms with Gasteiger partial charge in [0.25, 0.3) is 0 Å². The summed E-state index contributed by atoms with van der Waals surface area (Å²) in [7, 11) is 0. The fourth-order valence-corrected chi connectivity index (χ4v) is 0.952. The number of Topliss-reactive ketones (excluding diaryl/α,β-unsaturated/α-hetero) is 2. The standard InChI is InChI=1S/C14H18O3/c1-11(2)8-10-17-9-6-5-7-14(12(3)15)13(4)16/h7-8H,9-10H2,1-4H3. The van der Waals surface area contributed by atoms with Gasteiger partial charge in [0, 0.05) is 6.08 Å². The minimum Gasteiger partial charge on any atom is -0.365 e. The largest absolute Gasteiger partial charge is 0.365 e. The topological polar surface area (TPSA) is 43.4 Å². The quantitative estimate of drug-likeness (QED) is 0.183. The summed E-state index contributed by atoms with van der Waals surface area (Å²) in [4.78, 5) is 22.1. The van der Waals surface area contributed by atoms with Crippen molar-refractivity contribution in [3.05, 3.63) is 23.3 Å². The van der Waals surface area contributed by atoms with Crippen LogP contribution in [0.15, 0.2) is 23.3 Å². The van der Waals surface area contributed by atoms with Crippen LogP contribution in [0.3, 0.4) is 0 Å². The lowest BCUT2D eigenvalue weighted by atomic mass is 10.1. The lowest BCUT2D eigenvalue weighted by molar-refractivity contribution is -0.119. The van der Waals surface area contributed by atoms with Gasteiger partial charge in [0.2, 0.25) is 0 Å². The molecule has 0 rings (SSSR count). The zero-order valence-electron chi connectivity index (χ0n) is 10.8. The molecule has 0 amide bonds. The van der Waals surface area contributed by atoms with Gasteiger partial charge in [-0.2, -0.15) is 0 Å². The molecule has 3 heteroatoms. The summed E-state index contributed by atoms with van der Waals surface area (Å²) in [6.45, 7) is 7.48. The predicted molar refractivity (Wildman–Crippen MR) is 67.5 cm³/mol. The van der Waals surface area contributed by atoms with Crippen LogP contribution in [0, 0.1) is 11.8 Å². The number of ketones is 2. The van der Waals surface area contributed by atoms with Crippen LogP contribution in [0.2, 0.25) is 0 Å². The summed E-state index contributed by atoms with van der Waals surface area (Å²) in [6.07, 6.45) is 3.29. The molecule has 0 aliphatic heterocycles. The van der Waals surface area contributed by atoms with E-state index in [9.17, 15) is 9.59 Å². The first kappa shape index (κ1) is 15.3. The van der Waals surface area contributed by atoms with E-state index in [1.54, 1.807) is 0 Å². The van der Waals surface area contributed by atoms with Crippen LogP contribution in [0.4, 0.5) is 0 Å². The molecule has 0 fully saturated rings. The predicted octanol–water partition coefficient (Wildman–Crippen LogP) is 2.08. The first-order valence-electron chi connectivity index (χ1n) is 5.36. The second-order valence-corrected chi connectivity index (χ2v) is 3.79. The summed E-state index contributed by atoms with van der Waals surface area (Å²) in [5, 5.41) is 0. The average molecular weight is 234 g/mol. The highest BCUT2D eigenvalue weighted by atomic mass is 16.5. The maximum atomic E-state index is 11.0. The zero-order chi connectivity index (χ0) is 13.3. The molecule has 0 atom stereocenters. The van der Waals surface area contributed by atoms with Crippen molar-refractivity contribution in [3.8, 4) is 11.8 Å². The van der Waals surface area contributed by atoms with Crippen molar-refractivity contribution in [2.24, 2.45) is 0 Å². The van der Waals surface area contributed by atoms with E-state index in [-0.39, 0.29) is 23.7 Å². The summed E-state index contributed by atoms with van der Waals surface area (Å²) >= 11 is 0. The molecule has 0 aromatic rings. The fourth-order valence-electron chi connectivity index (χ4n) is 0.952. The van der Waals surface area contributed by atoms with Gasteiger partial charge < -0.3 is 4.74 Å². The molecule has 0 saturated carbocycles. The summed E-state index contributed by atoms with van der Waals surface area (Å²) < 4.78 is 5.20. The minimum absolute atomic E-state index is 0.127. The molecule has 0 radical (unpaired) electrons. The van der Waals surface area contributed by atoms with Crippen molar-refractivity contribution >= 4 is 11.6 Å². The number of hydrogen-bond donors (Lipinski definition) is 0. The van der Waals surface area contributed by atoms with Crippen LogP contribution in [0.1, 0.15) is 27.7 Å². The van der Waals surface area contributed by atoms with E-state index in [1.165, 1.54) is 25.5 Å². The zero-order valence-corrected chi connectivity index (χ0v) is 10.8. The Morgan fingerprint density at radius 1 is 1.12 bits per heavy atom. The van der Waals surface area contributed by atoms with Gasteiger partial charge in [-0.3, -0.25) is 9.59 Å². The van der Waals surface area contributed by atoms with Crippen LogP contribution >= 0.6 is 0 Å². The van der Waals surface area contributed by atoms with Crippen molar-refractivity contribution in [2.45, 2.75) is 27.7 Å². The molecule has 0 aromatic heterocycles. The van der Waals surface area contributed by atoms with Crippen LogP contribution < -0.4 is 0 Å². The van der Waals surface area contributed by atoms with E-state index in [0.717, 1.165) is 0 Å². The Hall–Kier alpha value is -1.66. The first-order valence-corrected chi connectivity index (χ1v) is 5.36. The third kappa shape index (κ3) is 8.18. The molecular formula is C14H18O3. The Bertz CT molecular complexity index is 383. The van der Waals surface area contributed by atoms with Gasteiger partial charge in [0.05, 0.1) is 12.2 Å². The van der Waals surface area contributed by atoms with Gasteiger partial charge >= 0.3 is 0 Å². The molecule has 0 aliphatic rings. The van der Waals surface area contributed by atoms with E-state index >= 15 is 0 Å². The molecule has 0 N–H and O–H groups in total. The SMILES string of the molecule is CC(=O)C(=CC#CCOCC=C(C)C)C(C)=O. The van der Waals surface area contributed by atoms with E-state index < -0.39 is 0 Å². The normalized spacial score (nSPS) is 8.71. The third-order valence-electron chi connectivity index (χ3n) is 1.86. The summed E-state index contributed by atoms with van der Waals surface area (Å²) in [5.41, 5.74) is 1.31. The monoisotopic (exact) mass is 234 g/mol. The van der Waals surface area contributed by atoms with Gasteiger partial charge in [-0.05, 0) is 27.7 Å². The number of ether oxygens (including phenoxy) is 1. The van der Waals surface area contributed by atoms with Crippen LogP contribution in [0.5, 0.6) is 0 Å². The van der Waals surface area contributed by atoms with Crippen molar-refractivity contribution in [2.75, 3.05) is 13.2 Å². The minimum atomic E-state index is -0.266. The molecule has 0 unspecified atom stereocenters. The average Bonchev–Trinajstić information content (AvgIpc) is 2.20. The Balaban J connectivity index is 4.18. The molecule has 0 aromatic carbocycles. The maximum Gasteiger partial charge on any atom is 0.164 e. The third-order valence-corrected chi connectivity index (χ3v) is 1.86. The van der Waals surface area contributed by atoms with Crippen molar-refractivity contribution in [3.63, 3.8) is 0 Å².